The molecule has 0 aromatic heterocycles. The molecule has 1 amide bonds. The van der Waals surface area contributed by atoms with Crippen LogP contribution in [0.25, 0.3) is 0 Å². The number of halogens is 1. The van der Waals surface area contributed by atoms with Crippen LogP contribution in [0.4, 0.5) is 22.7 Å². The van der Waals surface area contributed by atoms with Crippen molar-refractivity contribution in [2.75, 3.05) is 54.5 Å². The van der Waals surface area contributed by atoms with Gasteiger partial charge in [0.2, 0.25) is 5.91 Å². The van der Waals surface area contributed by atoms with Crippen LogP contribution in [0.15, 0.2) is 42.5 Å². The number of anilines is 4. The summed E-state index contributed by atoms with van der Waals surface area (Å²) in [6.45, 7) is 3.12. The molecule has 0 bridgehead atoms. The Bertz CT molecular complexity index is 841. The van der Waals surface area contributed by atoms with Crippen molar-refractivity contribution in [2.24, 2.45) is 0 Å². The second-order valence-electron chi connectivity index (χ2n) is 6.33. The third kappa shape index (κ3) is 6.07. The minimum Gasteiger partial charge on any atom is -0.399 e. The highest BCUT2D eigenvalue weighted by atomic mass is 35.5. The second-order valence-corrected chi connectivity index (χ2v) is 7.15. The number of hydrogen-bond acceptors (Lipinski definition) is 5. The summed E-state index contributed by atoms with van der Waals surface area (Å²) in [4.78, 5) is 14.3. The molecule has 3 rings (SSSR count). The predicted molar refractivity (Wildman–Crippen MR) is 118 cm³/mol. The molecular weight excluding hydrogens is 398 g/mol. The van der Waals surface area contributed by atoms with E-state index in [0.29, 0.717) is 47.0 Å². The van der Waals surface area contributed by atoms with Gasteiger partial charge in [0.1, 0.15) is 0 Å². The molecule has 2 aromatic carbocycles. The number of hydrogen-bond donors (Lipinski definition) is 4. The van der Waals surface area contributed by atoms with Gasteiger partial charge in [-0.1, -0.05) is 11.6 Å². The highest BCUT2D eigenvalue weighted by molar-refractivity contribution is 7.80. The topological polar surface area (TPSA) is 91.7 Å². The van der Waals surface area contributed by atoms with E-state index in [1.54, 1.807) is 30.3 Å². The fraction of sp³-hybridized carbons (Fsp3) is 0.263. The van der Waals surface area contributed by atoms with Gasteiger partial charge in [-0.15, -0.1) is 0 Å². The quantitative estimate of drug-likeness (QED) is 0.437. The summed E-state index contributed by atoms with van der Waals surface area (Å²) in [7, 11) is 0. The summed E-state index contributed by atoms with van der Waals surface area (Å²) >= 11 is 11.6. The summed E-state index contributed by atoms with van der Waals surface area (Å²) < 4.78 is 5.28. The van der Waals surface area contributed by atoms with Crippen LogP contribution in [0.2, 0.25) is 5.02 Å². The van der Waals surface area contributed by atoms with E-state index >= 15 is 0 Å². The fourth-order valence-electron chi connectivity index (χ4n) is 2.71. The molecule has 0 atom stereocenters. The number of thiocarbonyl (C=S) groups is 1. The van der Waals surface area contributed by atoms with Crippen LogP contribution in [-0.2, 0) is 9.53 Å². The van der Waals surface area contributed by atoms with E-state index in [1.165, 1.54) is 0 Å². The Morgan fingerprint density at radius 3 is 2.39 bits per heavy atom. The average Bonchev–Trinajstić information content (AvgIpc) is 2.66. The summed E-state index contributed by atoms with van der Waals surface area (Å²) in [5.74, 6) is -0.106. The third-order valence-electron chi connectivity index (χ3n) is 4.14. The Kier molecular flexibility index (Phi) is 7.05. The lowest BCUT2D eigenvalue weighted by Crippen LogP contribution is -2.41. The lowest BCUT2D eigenvalue weighted by Gasteiger charge is -2.25. The molecule has 0 aliphatic carbocycles. The van der Waals surface area contributed by atoms with Crippen LogP contribution in [0, 0.1) is 0 Å². The molecule has 5 N–H and O–H groups in total. The van der Waals surface area contributed by atoms with Gasteiger partial charge in [0.15, 0.2) is 5.11 Å². The first-order chi connectivity index (χ1) is 13.5. The van der Waals surface area contributed by atoms with Crippen molar-refractivity contribution in [3.63, 3.8) is 0 Å². The minimum absolute atomic E-state index is 0.106. The number of nitrogen functional groups attached to an aromatic ring is 1. The second kappa shape index (κ2) is 9.70. The normalized spacial score (nSPS) is 14.3. The van der Waals surface area contributed by atoms with E-state index < -0.39 is 0 Å². The molecular formula is C19H22ClN5O2S. The fourth-order valence-corrected chi connectivity index (χ4v) is 3.17. The Balaban J connectivity index is 1.53. The molecule has 2 aromatic rings. The Hall–Kier alpha value is -2.39. The van der Waals surface area contributed by atoms with Crippen molar-refractivity contribution in [2.45, 2.75) is 0 Å². The molecule has 0 radical (unpaired) electrons. The maximum Gasteiger partial charge on any atom is 0.238 e. The lowest BCUT2D eigenvalue weighted by atomic mass is 10.2. The molecule has 148 valence electrons. The van der Waals surface area contributed by atoms with Crippen molar-refractivity contribution in [1.29, 1.82) is 0 Å². The zero-order chi connectivity index (χ0) is 19.9. The predicted octanol–water partition coefficient (Wildman–Crippen LogP) is 3.00. The van der Waals surface area contributed by atoms with Gasteiger partial charge >= 0.3 is 0 Å². The van der Waals surface area contributed by atoms with Crippen molar-refractivity contribution >= 4 is 57.6 Å². The SMILES string of the molecule is Nc1ccc(NC(=S)Nc2ccc(NC(=O)CN3CCOCC3)c(Cl)c2)cc1. The summed E-state index contributed by atoms with van der Waals surface area (Å²) in [5.41, 5.74) is 8.45. The van der Waals surface area contributed by atoms with Gasteiger partial charge < -0.3 is 26.4 Å². The number of benzene rings is 2. The first-order valence-corrected chi connectivity index (χ1v) is 9.61. The summed E-state index contributed by atoms with van der Waals surface area (Å²) in [5, 5.41) is 9.82. The highest BCUT2D eigenvalue weighted by Crippen LogP contribution is 2.25. The first-order valence-electron chi connectivity index (χ1n) is 8.82. The highest BCUT2D eigenvalue weighted by Gasteiger charge is 2.15. The maximum absolute atomic E-state index is 12.2. The number of amides is 1. The van der Waals surface area contributed by atoms with Gasteiger partial charge in [0, 0.05) is 30.2 Å². The molecule has 0 saturated carbocycles. The van der Waals surface area contributed by atoms with Crippen LogP contribution in [0.5, 0.6) is 0 Å². The van der Waals surface area contributed by atoms with Crippen molar-refractivity contribution < 1.29 is 9.53 Å². The van der Waals surface area contributed by atoms with E-state index in [-0.39, 0.29) is 5.91 Å². The van der Waals surface area contributed by atoms with E-state index in [9.17, 15) is 4.79 Å². The van der Waals surface area contributed by atoms with Crippen LogP contribution in [0.3, 0.4) is 0 Å². The number of morpholine rings is 1. The molecule has 0 unspecified atom stereocenters. The molecule has 9 heteroatoms. The number of ether oxygens (including phenoxy) is 1. The van der Waals surface area contributed by atoms with Gasteiger partial charge in [-0.25, -0.2) is 0 Å². The molecule has 1 heterocycles. The lowest BCUT2D eigenvalue weighted by molar-refractivity contribution is -0.118. The van der Waals surface area contributed by atoms with E-state index in [0.717, 1.165) is 18.8 Å². The number of nitrogens with two attached hydrogens (primary N) is 1. The standard InChI is InChI=1S/C19H22ClN5O2S/c20-16-11-15(23-19(28)22-14-3-1-13(21)2-4-14)5-6-17(16)24-18(26)12-25-7-9-27-10-8-25/h1-6,11H,7-10,12,21H2,(H,24,26)(H2,22,23,28). The van der Waals surface area contributed by atoms with Crippen molar-refractivity contribution in [3.8, 4) is 0 Å². The molecule has 1 fully saturated rings. The monoisotopic (exact) mass is 419 g/mol. The van der Waals surface area contributed by atoms with Gasteiger partial charge in [-0.05, 0) is 54.7 Å². The summed E-state index contributed by atoms with van der Waals surface area (Å²) in [6.07, 6.45) is 0. The molecule has 0 spiro atoms. The van der Waals surface area contributed by atoms with Crippen LogP contribution in [-0.4, -0.2) is 48.8 Å². The molecule has 28 heavy (non-hydrogen) atoms. The van der Waals surface area contributed by atoms with Gasteiger partial charge in [-0.3, -0.25) is 9.69 Å². The molecule has 1 aliphatic rings. The molecule has 7 nitrogen and oxygen atoms in total. The van der Waals surface area contributed by atoms with Crippen LogP contribution < -0.4 is 21.7 Å². The Morgan fingerprint density at radius 2 is 1.71 bits per heavy atom. The van der Waals surface area contributed by atoms with Crippen LogP contribution >= 0.6 is 23.8 Å². The Morgan fingerprint density at radius 1 is 1.07 bits per heavy atom. The van der Waals surface area contributed by atoms with Crippen LogP contribution in [0.1, 0.15) is 0 Å². The van der Waals surface area contributed by atoms with Crippen molar-refractivity contribution in [1.82, 2.24) is 4.90 Å². The minimum atomic E-state index is -0.106. The number of rotatable bonds is 5. The van der Waals surface area contributed by atoms with Crippen molar-refractivity contribution in [3.05, 3.63) is 47.5 Å². The zero-order valence-corrected chi connectivity index (χ0v) is 16.8. The van der Waals surface area contributed by atoms with E-state index in [4.69, 9.17) is 34.3 Å². The number of nitrogens with zero attached hydrogens (tertiary/aromatic N) is 1. The summed E-state index contributed by atoms with van der Waals surface area (Å²) in [6, 6.07) is 12.5. The van der Waals surface area contributed by atoms with Gasteiger partial charge in [0.25, 0.3) is 0 Å². The Labute approximate surface area is 174 Å². The van der Waals surface area contributed by atoms with Gasteiger partial charge in [0.05, 0.1) is 30.5 Å². The maximum atomic E-state index is 12.2. The first kappa shape index (κ1) is 20.3. The number of nitrogens with one attached hydrogen (secondary N) is 3. The third-order valence-corrected chi connectivity index (χ3v) is 4.66. The van der Waals surface area contributed by atoms with E-state index in [2.05, 4.69) is 16.0 Å². The molecule has 1 saturated heterocycles. The number of carbonyl (C=O) groups excluding carboxylic acids is 1. The number of carbonyl (C=O) groups is 1. The zero-order valence-electron chi connectivity index (χ0n) is 15.2. The molecule has 1 aliphatic heterocycles. The van der Waals surface area contributed by atoms with E-state index in [1.807, 2.05) is 17.0 Å². The smallest absolute Gasteiger partial charge is 0.238 e. The largest absolute Gasteiger partial charge is 0.399 e. The average molecular weight is 420 g/mol. The van der Waals surface area contributed by atoms with Gasteiger partial charge in [-0.2, -0.15) is 0 Å².